The molecule has 1 aromatic carbocycles. The number of rotatable bonds is 5. The van der Waals surface area contributed by atoms with Crippen molar-refractivity contribution in [1.29, 1.82) is 0 Å². The lowest BCUT2D eigenvalue weighted by molar-refractivity contribution is -0.137. The number of aliphatic carboxylic acids is 1. The Balaban J connectivity index is 2.86. The van der Waals surface area contributed by atoms with E-state index in [1.54, 1.807) is 18.2 Å². The number of hydrogen-bond acceptors (Lipinski definition) is 3. The number of carboxylic acid groups (broad SMARTS) is 1. The van der Waals surface area contributed by atoms with Crippen molar-refractivity contribution in [3.05, 3.63) is 28.2 Å². The van der Waals surface area contributed by atoms with Crippen LogP contribution in [0.5, 0.6) is 0 Å². The predicted molar refractivity (Wildman–Crippen MR) is 86.1 cm³/mol. The molecule has 0 aliphatic heterocycles. The quantitative estimate of drug-likeness (QED) is 0.707. The fourth-order valence-electron chi connectivity index (χ4n) is 2.14. The second-order valence-corrected chi connectivity index (χ2v) is 7.22. The fraction of sp³-hybridized carbons (Fsp3) is 0.467. The van der Waals surface area contributed by atoms with Gasteiger partial charge in [-0.25, -0.2) is 0 Å². The Morgan fingerprint density at radius 1 is 1.33 bits per heavy atom. The van der Waals surface area contributed by atoms with E-state index in [0.717, 1.165) is 0 Å². The summed E-state index contributed by atoms with van der Waals surface area (Å²) in [5.41, 5.74) is 6.51. The molecule has 0 aliphatic carbocycles. The third-order valence-electron chi connectivity index (χ3n) is 2.80. The number of carbonyl (C=O) groups excluding carboxylic acids is 1. The van der Waals surface area contributed by atoms with Gasteiger partial charge in [0.15, 0.2) is 0 Å². The Hall–Kier alpha value is -1.56. The average Bonchev–Trinajstić information content (AvgIpc) is 2.23. The summed E-state index contributed by atoms with van der Waals surface area (Å²) in [6.07, 6.45) is 0.473. The van der Waals surface area contributed by atoms with Crippen molar-refractivity contribution in [3.8, 4) is 0 Å². The van der Waals surface area contributed by atoms with Crippen LogP contribution in [0.1, 0.15) is 44.0 Å². The molecule has 0 heterocycles. The molecule has 0 spiro atoms. The normalized spacial score (nSPS) is 12.8. The van der Waals surface area contributed by atoms with Gasteiger partial charge in [-0.15, -0.1) is 0 Å². The summed E-state index contributed by atoms with van der Waals surface area (Å²) in [6.45, 7) is 6.02. The highest BCUT2D eigenvalue weighted by Crippen LogP contribution is 2.23. The van der Waals surface area contributed by atoms with E-state index in [-0.39, 0.29) is 17.7 Å². The van der Waals surface area contributed by atoms with Gasteiger partial charge in [-0.2, -0.15) is 0 Å². The van der Waals surface area contributed by atoms with Gasteiger partial charge in [0, 0.05) is 21.8 Å². The third kappa shape index (κ3) is 6.62. The molecule has 0 saturated carbocycles. The van der Waals surface area contributed by atoms with E-state index in [0.29, 0.717) is 22.1 Å². The second-order valence-electron chi connectivity index (χ2n) is 6.31. The van der Waals surface area contributed by atoms with Crippen LogP contribution in [0.4, 0.5) is 5.69 Å². The molecule has 0 aromatic heterocycles. The molecule has 5 nitrogen and oxygen atoms in total. The van der Waals surface area contributed by atoms with Gasteiger partial charge in [-0.1, -0.05) is 36.7 Å². The fourth-order valence-corrected chi connectivity index (χ4v) is 2.65. The first-order chi connectivity index (χ1) is 9.56. The number of nitrogens with one attached hydrogen (secondary N) is 1. The second kappa shape index (κ2) is 6.93. The molecule has 116 valence electrons. The van der Waals surface area contributed by atoms with Crippen molar-refractivity contribution in [2.24, 2.45) is 5.41 Å². The smallest absolute Gasteiger partial charge is 0.305 e. The summed E-state index contributed by atoms with van der Waals surface area (Å²) in [6, 6.07) is 4.49. The first-order valence-corrected chi connectivity index (χ1v) is 7.45. The first kappa shape index (κ1) is 17.5. The van der Waals surface area contributed by atoms with Crippen LogP contribution in [0.15, 0.2) is 22.7 Å². The van der Waals surface area contributed by atoms with Crippen molar-refractivity contribution in [3.63, 3.8) is 0 Å². The molecule has 1 amide bonds. The third-order valence-corrected chi connectivity index (χ3v) is 3.26. The van der Waals surface area contributed by atoms with Gasteiger partial charge >= 0.3 is 5.97 Å². The van der Waals surface area contributed by atoms with E-state index in [1.165, 1.54) is 0 Å². The van der Waals surface area contributed by atoms with Gasteiger partial charge in [-0.05, 0) is 30.0 Å². The number of amides is 1. The van der Waals surface area contributed by atoms with Crippen LogP contribution >= 0.6 is 15.9 Å². The minimum absolute atomic E-state index is 0.0797. The summed E-state index contributed by atoms with van der Waals surface area (Å²) in [4.78, 5) is 23.2. The molecule has 0 saturated heterocycles. The lowest BCUT2D eigenvalue weighted by Crippen LogP contribution is -2.39. The van der Waals surface area contributed by atoms with Crippen molar-refractivity contribution >= 4 is 33.5 Å². The molecule has 1 unspecified atom stereocenters. The molecular weight excluding hydrogens is 336 g/mol. The van der Waals surface area contributed by atoms with Crippen molar-refractivity contribution < 1.29 is 14.7 Å². The summed E-state index contributed by atoms with van der Waals surface area (Å²) in [7, 11) is 0. The summed E-state index contributed by atoms with van der Waals surface area (Å²) in [5.74, 6) is -1.25. The van der Waals surface area contributed by atoms with E-state index >= 15 is 0 Å². The highest BCUT2D eigenvalue weighted by molar-refractivity contribution is 9.10. The van der Waals surface area contributed by atoms with Gasteiger partial charge in [0.2, 0.25) is 0 Å². The van der Waals surface area contributed by atoms with Gasteiger partial charge < -0.3 is 16.2 Å². The first-order valence-electron chi connectivity index (χ1n) is 6.65. The number of halogens is 1. The Bertz CT molecular complexity index is 518. The Morgan fingerprint density at radius 2 is 1.95 bits per heavy atom. The van der Waals surface area contributed by atoms with E-state index in [9.17, 15) is 9.59 Å². The van der Waals surface area contributed by atoms with E-state index in [2.05, 4.69) is 21.2 Å². The molecule has 6 heteroatoms. The summed E-state index contributed by atoms with van der Waals surface area (Å²) >= 11 is 3.28. The zero-order valence-electron chi connectivity index (χ0n) is 12.4. The molecule has 0 fully saturated rings. The van der Waals surface area contributed by atoms with Crippen LogP contribution in [-0.4, -0.2) is 23.0 Å². The molecule has 0 radical (unpaired) electrons. The Kier molecular flexibility index (Phi) is 5.78. The number of anilines is 1. The average molecular weight is 357 g/mol. The van der Waals surface area contributed by atoms with Crippen LogP contribution in [0.2, 0.25) is 0 Å². The van der Waals surface area contributed by atoms with E-state index in [4.69, 9.17) is 10.8 Å². The van der Waals surface area contributed by atoms with E-state index in [1.807, 2.05) is 20.8 Å². The predicted octanol–water partition coefficient (Wildman–Crippen LogP) is 3.04. The molecule has 0 aliphatic rings. The largest absolute Gasteiger partial charge is 0.481 e. The van der Waals surface area contributed by atoms with Crippen LogP contribution in [0.25, 0.3) is 0 Å². The molecule has 1 atom stereocenters. The van der Waals surface area contributed by atoms with Gasteiger partial charge in [0.25, 0.3) is 5.91 Å². The highest BCUT2D eigenvalue weighted by Gasteiger charge is 2.23. The maximum Gasteiger partial charge on any atom is 0.305 e. The Morgan fingerprint density at radius 3 is 2.43 bits per heavy atom. The van der Waals surface area contributed by atoms with Crippen molar-refractivity contribution in [2.75, 3.05) is 5.73 Å². The van der Waals surface area contributed by atoms with Gasteiger partial charge in [0.05, 0.1) is 6.42 Å². The molecule has 21 heavy (non-hydrogen) atoms. The van der Waals surface area contributed by atoms with Crippen LogP contribution < -0.4 is 11.1 Å². The number of nitrogens with two attached hydrogens (primary N) is 1. The maximum atomic E-state index is 12.2. The minimum Gasteiger partial charge on any atom is -0.481 e. The monoisotopic (exact) mass is 356 g/mol. The van der Waals surface area contributed by atoms with Crippen LogP contribution in [0.3, 0.4) is 0 Å². The number of carboxylic acids is 1. The zero-order valence-corrected chi connectivity index (χ0v) is 14.0. The standard InChI is InChI=1S/C15H21BrN2O3/c1-15(2,3)8-12(7-13(19)20)18-14(21)9-4-10(16)6-11(17)5-9/h4-6,12H,7-8,17H2,1-3H3,(H,18,21)(H,19,20). The zero-order chi connectivity index (χ0) is 16.2. The molecule has 4 N–H and O–H groups in total. The number of benzene rings is 1. The lowest BCUT2D eigenvalue weighted by atomic mass is 9.87. The van der Waals surface area contributed by atoms with Crippen molar-refractivity contribution in [1.82, 2.24) is 5.32 Å². The SMILES string of the molecule is CC(C)(C)CC(CC(=O)O)NC(=O)c1cc(N)cc(Br)c1. The van der Waals surface area contributed by atoms with Crippen LogP contribution in [-0.2, 0) is 4.79 Å². The Labute approximate surface area is 133 Å². The van der Waals surface area contributed by atoms with Crippen molar-refractivity contribution in [2.45, 2.75) is 39.7 Å². The molecule has 0 bridgehead atoms. The highest BCUT2D eigenvalue weighted by atomic mass is 79.9. The number of carbonyl (C=O) groups is 2. The maximum absolute atomic E-state index is 12.2. The van der Waals surface area contributed by atoms with Gasteiger partial charge in [-0.3, -0.25) is 9.59 Å². The topological polar surface area (TPSA) is 92.4 Å². The lowest BCUT2D eigenvalue weighted by Gasteiger charge is -2.26. The molecule has 1 aromatic rings. The minimum atomic E-state index is -0.932. The summed E-state index contributed by atoms with van der Waals surface area (Å²) < 4.78 is 0.707. The molecule has 1 rings (SSSR count). The van der Waals surface area contributed by atoms with Gasteiger partial charge in [0.1, 0.15) is 0 Å². The van der Waals surface area contributed by atoms with Crippen LogP contribution in [0, 0.1) is 5.41 Å². The number of hydrogen-bond donors (Lipinski definition) is 3. The summed E-state index contributed by atoms with van der Waals surface area (Å²) in [5, 5.41) is 11.8. The number of nitrogen functional groups attached to an aromatic ring is 1. The van der Waals surface area contributed by atoms with E-state index < -0.39 is 12.0 Å². The molecular formula is C15H21BrN2O3.